The molecule has 3 aromatic rings. The molecule has 2 aliphatic rings. The van der Waals surface area contributed by atoms with Gasteiger partial charge < -0.3 is 15.2 Å². The number of rotatable bonds is 1. The summed E-state index contributed by atoms with van der Waals surface area (Å²) in [6.45, 7) is 2.64. The summed E-state index contributed by atoms with van der Waals surface area (Å²) in [4.78, 5) is 15.5. The van der Waals surface area contributed by atoms with Gasteiger partial charge in [0.1, 0.15) is 11.3 Å². The van der Waals surface area contributed by atoms with Crippen LogP contribution in [0, 0.1) is 0 Å². The van der Waals surface area contributed by atoms with Crippen molar-refractivity contribution in [3.63, 3.8) is 0 Å². The van der Waals surface area contributed by atoms with Crippen molar-refractivity contribution in [3.05, 3.63) is 41.0 Å². The Morgan fingerprint density at radius 3 is 3.00 bits per heavy atom. The van der Waals surface area contributed by atoms with Crippen LogP contribution in [0.1, 0.15) is 23.3 Å². The topological polar surface area (TPSA) is 88.8 Å². The fourth-order valence-corrected chi connectivity index (χ4v) is 5.15. The minimum atomic E-state index is -0.250. The molecule has 5 heterocycles. The van der Waals surface area contributed by atoms with E-state index in [0.717, 1.165) is 50.3 Å². The second kappa shape index (κ2) is 7.14. The number of aromatic nitrogens is 3. The average molecular weight is 372 g/mol. The van der Waals surface area contributed by atoms with Gasteiger partial charge in [-0.25, -0.2) is 9.50 Å². The Balaban J connectivity index is 0.000000527. The molecule has 0 aromatic carbocycles. The molecule has 26 heavy (non-hydrogen) atoms. The number of fused-ring (bicyclic) bond motifs is 3. The Morgan fingerprint density at radius 1 is 1.38 bits per heavy atom. The Hall–Kier alpha value is -2.29. The lowest BCUT2D eigenvalue weighted by Crippen LogP contribution is -2.43. The monoisotopic (exact) mass is 372 g/mol. The molecule has 2 N–H and O–H groups in total. The maximum atomic E-state index is 8.36. The zero-order chi connectivity index (χ0) is 18.0. The summed E-state index contributed by atoms with van der Waals surface area (Å²) in [6.07, 6.45) is 6.86. The van der Waals surface area contributed by atoms with Crippen LogP contribution in [-0.4, -0.2) is 45.9 Å². The van der Waals surface area contributed by atoms with Crippen LogP contribution in [0.25, 0.3) is 16.2 Å². The van der Waals surface area contributed by atoms with E-state index in [2.05, 4.69) is 21.5 Å². The lowest BCUT2D eigenvalue weighted by molar-refractivity contribution is -0.122. The molecule has 7 nitrogen and oxygen atoms in total. The van der Waals surface area contributed by atoms with Crippen molar-refractivity contribution in [2.45, 2.75) is 24.9 Å². The number of nitrogens with one attached hydrogen (secondary N) is 1. The van der Waals surface area contributed by atoms with Gasteiger partial charge in [0, 0.05) is 11.1 Å². The largest absolute Gasteiger partial charge is 0.483 e. The number of carboxylic acid groups (broad SMARTS) is 1. The first-order valence-electron chi connectivity index (χ1n) is 8.62. The first-order chi connectivity index (χ1) is 12.8. The quantitative estimate of drug-likeness (QED) is 0.637. The second-order valence-electron chi connectivity index (χ2n) is 6.35. The third kappa shape index (κ3) is 2.90. The summed E-state index contributed by atoms with van der Waals surface area (Å²) in [5.74, 6) is 0. The summed E-state index contributed by atoms with van der Waals surface area (Å²) >= 11 is 1.86. The van der Waals surface area contributed by atoms with E-state index in [-0.39, 0.29) is 12.1 Å². The van der Waals surface area contributed by atoms with Crippen molar-refractivity contribution >= 4 is 23.5 Å². The van der Waals surface area contributed by atoms with Gasteiger partial charge in [-0.05, 0) is 56.1 Å². The molecule has 3 aromatic heterocycles. The third-order valence-electron chi connectivity index (χ3n) is 4.91. The number of nitrogens with zero attached hydrogens (tertiary/aromatic N) is 3. The van der Waals surface area contributed by atoms with Crippen molar-refractivity contribution < 1.29 is 14.6 Å². The molecule has 0 amide bonds. The highest BCUT2D eigenvalue weighted by Gasteiger charge is 2.40. The minimum absolute atomic E-state index is 0.0737. The van der Waals surface area contributed by atoms with E-state index in [1.807, 2.05) is 40.4 Å². The maximum Gasteiger partial charge on any atom is 0.290 e. The number of piperidine rings is 1. The molecule has 1 saturated heterocycles. The van der Waals surface area contributed by atoms with Gasteiger partial charge in [0.05, 0.1) is 17.7 Å². The van der Waals surface area contributed by atoms with Crippen LogP contribution in [0.5, 0.6) is 0 Å². The molecule has 0 unspecified atom stereocenters. The van der Waals surface area contributed by atoms with Crippen LogP contribution in [0.4, 0.5) is 0 Å². The van der Waals surface area contributed by atoms with Gasteiger partial charge in [0.2, 0.25) is 0 Å². The summed E-state index contributed by atoms with van der Waals surface area (Å²) in [6, 6.07) is 6.23. The zero-order valence-corrected chi connectivity index (χ0v) is 15.0. The van der Waals surface area contributed by atoms with Crippen molar-refractivity contribution in [1.82, 2.24) is 19.9 Å². The molecule has 0 radical (unpaired) electrons. The zero-order valence-electron chi connectivity index (χ0n) is 14.2. The molecular weight excluding hydrogens is 352 g/mol. The van der Waals surface area contributed by atoms with Crippen LogP contribution >= 0.6 is 11.3 Å². The van der Waals surface area contributed by atoms with Gasteiger partial charge in [0.15, 0.2) is 5.65 Å². The summed E-state index contributed by atoms with van der Waals surface area (Å²) in [7, 11) is 0. The Kier molecular flexibility index (Phi) is 4.71. The molecule has 0 saturated carbocycles. The van der Waals surface area contributed by atoms with E-state index in [9.17, 15) is 0 Å². The number of hydrogen-bond acceptors (Lipinski definition) is 6. The third-order valence-corrected chi connectivity index (χ3v) is 6.30. The lowest BCUT2D eigenvalue weighted by Gasteiger charge is -2.40. The molecule has 8 heteroatoms. The van der Waals surface area contributed by atoms with Gasteiger partial charge in [-0.1, -0.05) is 0 Å². The summed E-state index contributed by atoms with van der Waals surface area (Å²) in [5.41, 5.74) is 3.34. The lowest BCUT2D eigenvalue weighted by atomic mass is 9.86. The van der Waals surface area contributed by atoms with Crippen molar-refractivity contribution in [3.8, 4) is 10.6 Å². The molecule has 0 bridgehead atoms. The minimum Gasteiger partial charge on any atom is -0.483 e. The predicted octanol–water partition coefficient (Wildman–Crippen LogP) is 2.31. The second-order valence-corrected chi connectivity index (χ2v) is 7.40. The maximum absolute atomic E-state index is 8.36. The number of hydrogen-bond donors (Lipinski definition) is 2. The Morgan fingerprint density at radius 2 is 2.19 bits per heavy atom. The molecule has 2 aliphatic heterocycles. The van der Waals surface area contributed by atoms with E-state index in [0.29, 0.717) is 0 Å². The highest BCUT2D eigenvalue weighted by Crippen LogP contribution is 2.46. The molecule has 136 valence electrons. The summed E-state index contributed by atoms with van der Waals surface area (Å²) < 4.78 is 8.21. The molecule has 0 atom stereocenters. The number of imidazole rings is 1. The summed E-state index contributed by atoms with van der Waals surface area (Å²) in [5, 5.41) is 14.8. The number of ether oxygens (including phenoxy) is 1. The highest BCUT2D eigenvalue weighted by molar-refractivity contribution is 7.15. The smallest absolute Gasteiger partial charge is 0.290 e. The first kappa shape index (κ1) is 17.1. The standard InChI is InChI=1S/C17H18N4OS.CH2O2/c1-2-15-19-11-13(21(15)20-6-1)14-10-12-3-9-22-17(16(12)23-14)4-7-18-8-5-17;2-1-3/h1-2,6,10-11,18H,3-5,7-9H2;1H,(H,2,3). The number of thiophene rings is 1. The average Bonchev–Trinajstić information content (AvgIpc) is 3.28. The molecule has 0 aliphatic carbocycles. The highest BCUT2D eigenvalue weighted by atomic mass is 32.1. The van der Waals surface area contributed by atoms with Crippen LogP contribution < -0.4 is 5.32 Å². The van der Waals surface area contributed by atoms with Gasteiger partial charge in [-0.3, -0.25) is 4.79 Å². The van der Waals surface area contributed by atoms with Gasteiger partial charge in [-0.2, -0.15) is 5.10 Å². The van der Waals surface area contributed by atoms with E-state index in [1.54, 1.807) is 0 Å². The van der Waals surface area contributed by atoms with Crippen molar-refractivity contribution in [2.75, 3.05) is 19.7 Å². The van der Waals surface area contributed by atoms with E-state index in [1.165, 1.54) is 15.3 Å². The predicted molar refractivity (Wildman–Crippen MR) is 98.4 cm³/mol. The van der Waals surface area contributed by atoms with Crippen molar-refractivity contribution in [1.29, 1.82) is 0 Å². The van der Waals surface area contributed by atoms with Gasteiger partial charge >= 0.3 is 0 Å². The Bertz CT molecular complexity index is 914. The molecule has 1 fully saturated rings. The molecule has 1 spiro atoms. The van der Waals surface area contributed by atoms with Crippen molar-refractivity contribution in [2.24, 2.45) is 0 Å². The van der Waals surface area contributed by atoms with E-state index < -0.39 is 0 Å². The first-order valence-corrected chi connectivity index (χ1v) is 9.44. The van der Waals surface area contributed by atoms with Crippen LogP contribution in [0.2, 0.25) is 0 Å². The van der Waals surface area contributed by atoms with E-state index >= 15 is 0 Å². The normalized spacial score (nSPS) is 18.2. The SMILES string of the molecule is O=CO.c1cnn2c(-c3cc4c(s3)C3(CCNCC3)OCC4)cnc2c1. The Labute approximate surface area is 154 Å². The van der Waals surface area contributed by atoms with Gasteiger partial charge in [-0.15, -0.1) is 11.3 Å². The fraction of sp³-hybridized carbons (Fsp3) is 0.389. The number of carbonyl (C=O) groups is 1. The van der Waals surface area contributed by atoms with Gasteiger partial charge in [0.25, 0.3) is 6.47 Å². The van der Waals surface area contributed by atoms with Crippen LogP contribution in [0.3, 0.4) is 0 Å². The fourth-order valence-electron chi connectivity index (χ4n) is 3.75. The van der Waals surface area contributed by atoms with E-state index in [4.69, 9.17) is 14.6 Å². The van der Waals surface area contributed by atoms with Crippen LogP contribution in [-0.2, 0) is 21.6 Å². The molecular formula is C18H20N4O3S. The molecule has 5 rings (SSSR count). The van der Waals surface area contributed by atoms with Crippen LogP contribution in [0.15, 0.2) is 30.6 Å².